The highest BCUT2D eigenvalue weighted by atomic mass is 35.5. The minimum atomic E-state index is -0.542. The molecule has 3 aromatic rings. The summed E-state index contributed by atoms with van der Waals surface area (Å²) in [6.45, 7) is 0. The lowest BCUT2D eigenvalue weighted by Gasteiger charge is -2.05. The third-order valence-electron chi connectivity index (χ3n) is 2.90. The van der Waals surface area contributed by atoms with E-state index in [1.165, 1.54) is 18.2 Å². The minimum Gasteiger partial charge on any atom is -0.321 e. The molecule has 0 atom stereocenters. The normalized spacial score (nSPS) is 10.6. The van der Waals surface area contributed by atoms with Crippen molar-refractivity contribution in [1.82, 2.24) is 10.2 Å². The van der Waals surface area contributed by atoms with Crippen LogP contribution in [0.15, 0.2) is 48.5 Å². The van der Waals surface area contributed by atoms with Gasteiger partial charge in [0.1, 0.15) is 5.82 Å². The Morgan fingerprint density at radius 2 is 1.90 bits per heavy atom. The Labute approximate surface area is 124 Å². The summed E-state index contributed by atoms with van der Waals surface area (Å²) in [6, 6.07) is 12.9. The van der Waals surface area contributed by atoms with E-state index in [1.54, 1.807) is 6.07 Å². The zero-order valence-corrected chi connectivity index (χ0v) is 11.4. The van der Waals surface area contributed by atoms with Crippen molar-refractivity contribution in [1.29, 1.82) is 0 Å². The number of rotatable bonds is 2. The number of benzene rings is 2. The monoisotopic (exact) mass is 301 g/mol. The maximum absolute atomic E-state index is 13.1. The molecule has 0 aliphatic heterocycles. The summed E-state index contributed by atoms with van der Waals surface area (Å²) in [5.74, 6) is -0.976. The predicted octanol–water partition coefficient (Wildman–Crippen LogP) is 3.67. The van der Waals surface area contributed by atoms with Crippen molar-refractivity contribution in [2.45, 2.75) is 0 Å². The second-order valence-corrected chi connectivity index (χ2v) is 4.78. The van der Waals surface area contributed by atoms with Crippen LogP contribution in [-0.4, -0.2) is 16.1 Å². The lowest BCUT2D eigenvalue weighted by molar-refractivity contribution is 0.102. The Bertz CT molecular complexity index is 838. The van der Waals surface area contributed by atoms with E-state index >= 15 is 0 Å². The van der Waals surface area contributed by atoms with Crippen molar-refractivity contribution in [3.05, 3.63) is 65.1 Å². The first-order valence-corrected chi connectivity index (χ1v) is 6.50. The molecule has 1 amide bonds. The maximum atomic E-state index is 13.1. The first-order chi connectivity index (χ1) is 10.1. The van der Waals surface area contributed by atoms with E-state index in [2.05, 4.69) is 15.5 Å². The Kier molecular flexibility index (Phi) is 3.50. The summed E-state index contributed by atoms with van der Waals surface area (Å²) in [7, 11) is 0. The molecule has 0 saturated heterocycles. The molecule has 104 valence electrons. The first-order valence-electron chi connectivity index (χ1n) is 6.12. The molecule has 0 radical (unpaired) electrons. The standard InChI is InChI=1S/C15H9ClFN3O/c16-11-8-10(5-6-12(11)17)18-15(21)14-7-9-3-1-2-4-13(9)19-20-14/h1-8H,(H,18,21). The van der Waals surface area contributed by atoms with Crippen LogP contribution in [0.1, 0.15) is 10.5 Å². The minimum absolute atomic E-state index is 0.0580. The molecule has 21 heavy (non-hydrogen) atoms. The van der Waals surface area contributed by atoms with Crippen LogP contribution in [0.3, 0.4) is 0 Å². The van der Waals surface area contributed by atoms with E-state index in [1.807, 2.05) is 24.3 Å². The molecule has 0 fully saturated rings. The fraction of sp³-hybridized carbons (Fsp3) is 0. The van der Waals surface area contributed by atoms with Gasteiger partial charge in [0, 0.05) is 11.1 Å². The molecule has 1 heterocycles. The van der Waals surface area contributed by atoms with Gasteiger partial charge in [0.05, 0.1) is 10.5 Å². The SMILES string of the molecule is O=C(Nc1ccc(F)c(Cl)c1)c1cc2ccccc2nn1. The van der Waals surface area contributed by atoms with Gasteiger partial charge in [0.2, 0.25) is 0 Å². The van der Waals surface area contributed by atoms with Gasteiger partial charge < -0.3 is 5.32 Å². The van der Waals surface area contributed by atoms with E-state index in [0.717, 1.165) is 5.39 Å². The van der Waals surface area contributed by atoms with Crippen LogP contribution in [0.4, 0.5) is 10.1 Å². The van der Waals surface area contributed by atoms with Crippen LogP contribution in [0.5, 0.6) is 0 Å². The third-order valence-corrected chi connectivity index (χ3v) is 3.19. The molecular weight excluding hydrogens is 293 g/mol. The summed E-state index contributed by atoms with van der Waals surface area (Å²) in [5.41, 5.74) is 1.27. The molecule has 4 nitrogen and oxygen atoms in total. The summed E-state index contributed by atoms with van der Waals surface area (Å²) >= 11 is 5.67. The highest BCUT2D eigenvalue weighted by Crippen LogP contribution is 2.20. The molecule has 6 heteroatoms. The van der Waals surface area contributed by atoms with Gasteiger partial charge in [0.25, 0.3) is 5.91 Å². The summed E-state index contributed by atoms with van der Waals surface area (Å²) in [6.07, 6.45) is 0. The Morgan fingerprint density at radius 3 is 2.71 bits per heavy atom. The summed E-state index contributed by atoms with van der Waals surface area (Å²) in [4.78, 5) is 12.1. The number of aromatic nitrogens is 2. The molecule has 1 N–H and O–H groups in total. The van der Waals surface area contributed by atoms with Gasteiger partial charge >= 0.3 is 0 Å². The van der Waals surface area contributed by atoms with Crippen molar-refractivity contribution in [2.24, 2.45) is 0 Å². The van der Waals surface area contributed by atoms with Crippen LogP contribution < -0.4 is 5.32 Å². The maximum Gasteiger partial charge on any atom is 0.276 e. The molecule has 0 bridgehead atoms. The average molecular weight is 302 g/mol. The molecule has 3 rings (SSSR count). The number of amides is 1. The number of nitrogens with zero attached hydrogens (tertiary/aromatic N) is 2. The molecule has 1 aromatic heterocycles. The molecule has 2 aromatic carbocycles. The smallest absolute Gasteiger partial charge is 0.276 e. The zero-order chi connectivity index (χ0) is 14.8. The van der Waals surface area contributed by atoms with Crippen LogP contribution in [0, 0.1) is 5.82 Å². The van der Waals surface area contributed by atoms with Crippen LogP contribution in [0.2, 0.25) is 5.02 Å². The topological polar surface area (TPSA) is 54.9 Å². The van der Waals surface area contributed by atoms with Gasteiger partial charge in [-0.25, -0.2) is 4.39 Å². The average Bonchev–Trinajstić information content (AvgIpc) is 2.50. The highest BCUT2D eigenvalue weighted by Gasteiger charge is 2.10. The Hall–Kier alpha value is -2.53. The van der Waals surface area contributed by atoms with Crippen LogP contribution >= 0.6 is 11.6 Å². The number of hydrogen-bond donors (Lipinski definition) is 1. The van der Waals surface area contributed by atoms with Crippen molar-refractivity contribution >= 4 is 34.1 Å². The van der Waals surface area contributed by atoms with E-state index in [4.69, 9.17) is 11.6 Å². The Morgan fingerprint density at radius 1 is 1.10 bits per heavy atom. The van der Waals surface area contributed by atoms with Gasteiger partial charge in [-0.15, -0.1) is 10.2 Å². The van der Waals surface area contributed by atoms with Gasteiger partial charge in [-0.1, -0.05) is 29.8 Å². The number of carbonyl (C=O) groups is 1. The third kappa shape index (κ3) is 2.83. The number of nitrogens with one attached hydrogen (secondary N) is 1. The fourth-order valence-electron chi connectivity index (χ4n) is 1.86. The van der Waals surface area contributed by atoms with Crippen molar-refractivity contribution in [2.75, 3.05) is 5.32 Å². The zero-order valence-electron chi connectivity index (χ0n) is 10.7. The fourth-order valence-corrected chi connectivity index (χ4v) is 2.05. The van der Waals surface area contributed by atoms with Crippen LogP contribution in [0.25, 0.3) is 10.9 Å². The number of carbonyl (C=O) groups excluding carboxylic acids is 1. The molecule has 0 aliphatic rings. The van der Waals surface area contributed by atoms with E-state index in [0.29, 0.717) is 11.2 Å². The Balaban J connectivity index is 1.87. The summed E-state index contributed by atoms with van der Waals surface area (Å²) in [5, 5.41) is 11.2. The van der Waals surface area contributed by atoms with Gasteiger partial charge in [-0.05, 0) is 30.3 Å². The molecule has 0 spiro atoms. The van der Waals surface area contributed by atoms with Gasteiger partial charge in [-0.2, -0.15) is 0 Å². The first kappa shape index (κ1) is 13.5. The number of halogens is 2. The summed E-state index contributed by atoms with van der Waals surface area (Å²) < 4.78 is 13.1. The second-order valence-electron chi connectivity index (χ2n) is 4.37. The number of anilines is 1. The quantitative estimate of drug-likeness (QED) is 0.785. The number of hydrogen-bond acceptors (Lipinski definition) is 3. The largest absolute Gasteiger partial charge is 0.321 e. The van der Waals surface area contributed by atoms with Gasteiger partial charge in [-0.3, -0.25) is 4.79 Å². The number of fused-ring (bicyclic) bond motifs is 1. The van der Waals surface area contributed by atoms with E-state index in [9.17, 15) is 9.18 Å². The second kappa shape index (κ2) is 5.46. The highest BCUT2D eigenvalue weighted by molar-refractivity contribution is 6.31. The van der Waals surface area contributed by atoms with Crippen molar-refractivity contribution in [3.8, 4) is 0 Å². The van der Waals surface area contributed by atoms with Crippen molar-refractivity contribution < 1.29 is 9.18 Å². The molecule has 0 aliphatic carbocycles. The predicted molar refractivity (Wildman–Crippen MR) is 78.9 cm³/mol. The van der Waals surface area contributed by atoms with Gasteiger partial charge in [0.15, 0.2) is 5.69 Å². The van der Waals surface area contributed by atoms with E-state index < -0.39 is 11.7 Å². The lowest BCUT2D eigenvalue weighted by Crippen LogP contribution is -2.14. The van der Waals surface area contributed by atoms with Crippen molar-refractivity contribution in [3.63, 3.8) is 0 Å². The lowest BCUT2D eigenvalue weighted by atomic mass is 10.2. The molecule has 0 unspecified atom stereocenters. The molecular formula is C15H9ClFN3O. The van der Waals surface area contributed by atoms with Crippen LogP contribution in [-0.2, 0) is 0 Å². The molecule has 0 saturated carbocycles. The van der Waals surface area contributed by atoms with E-state index in [-0.39, 0.29) is 10.7 Å².